The Balaban J connectivity index is 3.23. The van der Waals surface area contributed by atoms with Gasteiger partial charge in [-0.05, 0) is 30.5 Å². The molecular formula is C12H17O3+. The van der Waals surface area contributed by atoms with Gasteiger partial charge in [0.15, 0.2) is 0 Å². The minimum absolute atomic E-state index is 0.132. The van der Waals surface area contributed by atoms with Gasteiger partial charge in [-0.3, -0.25) is 0 Å². The Bertz CT molecular complexity index is 344. The Labute approximate surface area is 89.7 Å². The predicted octanol–water partition coefficient (Wildman–Crippen LogP) is 2.17. The van der Waals surface area contributed by atoms with E-state index in [1.165, 1.54) is 0 Å². The topological polar surface area (TPSA) is 50.9 Å². The average Bonchev–Trinajstić information content (AvgIpc) is 2.19. The van der Waals surface area contributed by atoms with Crippen LogP contribution in [-0.4, -0.2) is 23.0 Å². The van der Waals surface area contributed by atoms with Gasteiger partial charge in [-0.2, -0.15) is 0 Å². The van der Waals surface area contributed by atoms with Crippen LogP contribution in [0.3, 0.4) is 0 Å². The van der Waals surface area contributed by atoms with E-state index >= 15 is 0 Å². The van der Waals surface area contributed by atoms with E-state index in [1.807, 2.05) is 26.0 Å². The minimum Gasteiger partial charge on any atom is -0.496 e. The molecule has 15 heavy (non-hydrogen) atoms. The third kappa shape index (κ3) is 2.72. The molecule has 0 unspecified atom stereocenters. The summed E-state index contributed by atoms with van der Waals surface area (Å²) in [5.74, 6) is 0.138. The molecule has 3 nitrogen and oxygen atoms in total. The quantitative estimate of drug-likeness (QED) is 0.772. The monoisotopic (exact) mass is 209 g/mol. The molecule has 0 aromatic heterocycles. The molecule has 0 amide bonds. The highest BCUT2D eigenvalue weighted by Crippen LogP contribution is 2.25. The minimum atomic E-state index is -0.577. The van der Waals surface area contributed by atoms with Crippen molar-refractivity contribution in [2.24, 2.45) is 0 Å². The number of methoxy groups -OCH3 is 1. The average molecular weight is 209 g/mol. The van der Waals surface area contributed by atoms with Gasteiger partial charge in [0.25, 0.3) is 0 Å². The van der Waals surface area contributed by atoms with Crippen molar-refractivity contribution in [2.45, 2.75) is 26.7 Å². The summed E-state index contributed by atoms with van der Waals surface area (Å²) in [5, 5.41) is 8.93. The van der Waals surface area contributed by atoms with E-state index in [2.05, 4.69) is 0 Å². The van der Waals surface area contributed by atoms with Gasteiger partial charge in [0.2, 0.25) is 0 Å². The summed E-state index contributed by atoms with van der Waals surface area (Å²) in [7, 11) is 1.59. The summed E-state index contributed by atoms with van der Waals surface area (Å²) in [6.07, 6.45) is 0.979. The number of hydrogen-bond acceptors (Lipinski definition) is 1. The first-order valence-electron chi connectivity index (χ1n) is 4.98. The number of hydrogen-bond donors (Lipinski definition) is 1. The number of rotatable bonds is 4. The van der Waals surface area contributed by atoms with Crippen LogP contribution in [0.1, 0.15) is 23.6 Å². The zero-order valence-corrected chi connectivity index (χ0v) is 9.37. The number of aliphatic hydroxyl groups excluding tert-OH is 1. The molecule has 0 spiro atoms. The van der Waals surface area contributed by atoms with E-state index in [4.69, 9.17) is 14.6 Å². The van der Waals surface area contributed by atoms with E-state index in [0.717, 1.165) is 23.1 Å². The van der Waals surface area contributed by atoms with Gasteiger partial charge in [0, 0.05) is 5.56 Å². The Morgan fingerprint density at radius 3 is 2.60 bits per heavy atom. The molecule has 0 saturated carbocycles. The highest BCUT2D eigenvalue weighted by atomic mass is 16.5. The predicted molar refractivity (Wildman–Crippen MR) is 60.4 cm³/mol. The molecule has 1 rings (SSSR count). The van der Waals surface area contributed by atoms with Crippen molar-refractivity contribution >= 4 is 5.97 Å². The van der Waals surface area contributed by atoms with Crippen molar-refractivity contribution in [3.8, 4) is 5.75 Å². The van der Waals surface area contributed by atoms with E-state index in [1.54, 1.807) is 7.11 Å². The SMILES string of the molecule is CCc1cc(C)cc(OC)c1CC(O)=[OH+]. The standard InChI is InChI=1S/C12H16O3/c1-4-9-5-8(2)6-11(15-3)10(9)7-12(13)14/h5-6H,4,7H2,1-3H3,(H,13,14)/p+1. The summed E-state index contributed by atoms with van der Waals surface area (Å²) in [4.78, 5) is 8.93. The van der Waals surface area contributed by atoms with E-state index in [9.17, 15) is 0 Å². The van der Waals surface area contributed by atoms with Gasteiger partial charge < -0.3 is 14.6 Å². The molecule has 0 heterocycles. The van der Waals surface area contributed by atoms with Crippen molar-refractivity contribution in [3.05, 3.63) is 28.8 Å². The summed E-state index contributed by atoms with van der Waals surface area (Å²) in [6, 6.07) is 3.94. The second-order valence-corrected chi connectivity index (χ2v) is 3.55. The Morgan fingerprint density at radius 2 is 2.13 bits per heavy atom. The summed E-state index contributed by atoms with van der Waals surface area (Å²) >= 11 is 0. The maximum Gasteiger partial charge on any atom is 0.485 e. The molecule has 3 heteroatoms. The maximum absolute atomic E-state index is 8.93. The van der Waals surface area contributed by atoms with Crippen LogP contribution in [0.15, 0.2) is 12.1 Å². The molecule has 2 N–H and O–H groups in total. The summed E-state index contributed by atoms with van der Waals surface area (Å²) < 4.78 is 5.23. The normalized spacial score (nSPS) is 10.1. The zero-order valence-electron chi connectivity index (χ0n) is 9.37. The smallest absolute Gasteiger partial charge is 0.485 e. The fraction of sp³-hybridized carbons (Fsp3) is 0.417. The van der Waals surface area contributed by atoms with Gasteiger partial charge >= 0.3 is 5.97 Å². The fourth-order valence-corrected chi connectivity index (χ4v) is 1.71. The highest BCUT2D eigenvalue weighted by molar-refractivity contribution is 5.73. The fourth-order valence-electron chi connectivity index (χ4n) is 1.71. The lowest BCUT2D eigenvalue weighted by atomic mass is 9.99. The Kier molecular flexibility index (Phi) is 3.72. The second-order valence-electron chi connectivity index (χ2n) is 3.55. The van der Waals surface area contributed by atoms with Gasteiger partial charge in [-0.1, -0.05) is 13.0 Å². The van der Waals surface area contributed by atoms with E-state index in [-0.39, 0.29) is 6.42 Å². The van der Waals surface area contributed by atoms with Crippen LogP contribution in [0.2, 0.25) is 0 Å². The van der Waals surface area contributed by atoms with Crippen molar-refractivity contribution in [1.82, 2.24) is 0 Å². The van der Waals surface area contributed by atoms with Crippen LogP contribution in [-0.2, 0) is 12.8 Å². The number of aliphatic carboxylic acids is 1. The van der Waals surface area contributed by atoms with Crippen molar-refractivity contribution < 1.29 is 14.6 Å². The Morgan fingerprint density at radius 1 is 1.47 bits per heavy atom. The first-order chi connectivity index (χ1) is 7.08. The van der Waals surface area contributed by atoms with Crippen LogP contribution in [0.4, 0.5) is 0 Å². The Hall–Kier alpha value is -1.51. The van der Waals surface area contributed by atoms with Gasteiger partial charge in [0.1, 0.15) is 12.2 Å². The van der Waals surface area contributed by atoms with E-state index < -0.39 is 5.97 Å². The molecule has 0 atom stereocenters. The number of carboxylic acids is 1. The number of benzene rings is 1. The largest absolute Gasteiger partial charge is 0.496 e. The molecule has 0 saturated heterocycles. The van der Waals surface area contributed by atoms with Crippen LogP contribution in [0.5, 0.6) is 5.75 Å². The second kappa shape index (κ2) is 4.82. The number of carboxylic acid groups (broad SMARTS) is 1. The maximum atomic E-state index is 8.93. The van der Waals surface area contributed by atoms with Gasteiger partial charge in [0.05, 0.1) is 7.11 Å². The summed E-state index contributed by atoms with van der Waals surface area (Å²) in [5.41, 5.74) is 3.06. The first-order valence-corrected chi connectivity index (χ1v) is 4.98. The van der Waals surface area contributed by atoms with Crippen molar-refractivity contribution in [1.29, 1.82) is 0 Å². The van der Waals surface area contributed by atoms with Crippen molar-refractivity contribution in [3.63, 3.8) is 0 Å². The van der Waals surface area contributed by atoms with Crippen LogP contribution in [0.25, 0.3) is 0 Å². The first kappa shape index (κ1) is 11.6. The lowest BCUT2D eigenvalue weighted by Crippen LogP contribution is -2.06. The molecule has 1 aromatic carbocycles. The molecule has 1 aromatic rings. The molecule has 82 valence electrons. The molecule has 0 aliphatic carbocycles. The lowest BCUT2D eigenvalue weighted by Gasteiger charge is -2.11. The molecule has 0 aliphatic heterocycles. The molecule has 0 aliphatic rings. The molecule has 0 fully saturated rings. The van der Waals surface area contributed by atoms with E-state index in [0.29, 0.717) is 5.75 Å². The number of aryl methyl sites for hydroxylation is 2. The summed E-state index contributed by atoms with van der Waals surface area (Å²) in [6.45, 7) is 4.03. The third-order valence-electron chi connectivity index (χ3n) is 2.38. The van der Waals surface area contributed by atoms with Crippen LogP contribution < -0.4 is 4.74 Å². The number of ether oxygens (including phenoxy) is 1. The van der Waals surface area contributed by atoms with Crippen LogP contribution >= 0.6 is 0 Å². The molecular weight excluding hydrogens is 192 g/mol. The van der Waals surface area contributed by atoms with Gasteiger partial charge in [-0.15, -0.1) is 0 Å². The van der Waals surface area contributed by atoms with Crippen LogP contribution in [0, 0.1) is 6.92 Å². The lowest BCUT2D eigenvalue weighted by molar-refractivity contribution is 0.405. The third-order valence-corrected chi connectivity index (χ3v) is 2.38. The highest BCUT2D eigenvalue weighted by Gasteiger charge is 2.15. The van der Waals surface area contributed by atoms with Crippen molar-refractivity contribution in [2.75, 3.05) is 7.11 Å². The van der Waals surface area contributed by atoms with Gasteiger partial charge in [-0.25, -0.2) is 0 Å². The molecule has 0 radical (unpaired) electrons. The molecule has 0 bridgehead atoms. The zero-order chi connectivity index (χ0) is 11.4.